The quantitative estimate of drug-likeness (QED) is 0.430. The zero-order chi connectivity index (χ0) is 22.0. The number of nitro groups is 1. The molecule has 3 aromatic rings. The minimum atomic E-state index is -1.21. The van der Waals surface area contributed by atoms with Gasteiger partial charge in [-0.15, -0.1) is 0 Å². The number of ether oxygens (including phenoxy) is 1. The van der Waals surface area contributed by atoms with E-state index in [1.807, 2.05) is 48.5 Å². The van der Waals surface area contributed by atoms with E-state index < -0.39 is 35.3 Å². The molecule has 31 heavy (non-hydrogen) atoms. The van der Waals surface area contributed by atoms with Gasteiger partial charge in [-0.25, -0.2) is 4.79 Å². The number of nitrogens with one attached hydrogen (secondary N) is 1. The van der Waals surface area contributed by atoms with Crippen LogP contribution < -0.4 is 5.32 Å². The Morgan fingerprint density at radius 2 is 1.68 bits per heavy atom. The average molecular weight is 422 g/mol. The highest BCUT2D eigenvalue weighted by molar-refractivity contribution is 5.79. The molecule has 0 saturated heterocycles. The van der Waals surface area contributed by atoms with Gasteiger partial charge in [-0.3, -0.25) is 14.9 Å². The number of rotatable bonds is 7. The van der Waals surface area contributed by atoms with Gasteiger partial charge in [-0.1, -0.05) is 48.5 Å². The zero-order valence-electron chi connectivity index (χ0n) is 16.2. The van der Waals surface area contributed by atoms with Crippen molar-refractivity contribution in [1.82, 2.24) is 5.32 Å². The number of carboxylic acids is 1. The number of benzene rings is 2. The Hall–Kier alpha value is -4.14. The summed E-state index contributed by atoms with van der Waals surface area (Å²) in [4.78, 5) is 33.7. The van der Waals surface area contributed by atoms with Crippen LogP contribution in [-0.4, -0.2) is 28.7 Å². The second-order valence-corrected chi connectivity index (χ2v) is 7.05. The molecule has 0 bridgehead atoms. The van der Waals surface area contributed by atoms with Crippen LogP contribution >= 0.6 is 0 Å². The normalized spacial score (nSPS) is 13.2. The van der Waals surface area contributed by atoms with Crippen molar-refractivity contribution in [3.05, 3.63) is 87.7 Å². The van der Waals surface area contributed by atoms with Gasteiger partial charge in [-0.05, 0) is 28.3 Å². The molecule has 9 nitrogen and oxygen atoms in total. The summed E-state index contributed by atoms with van der Waals surface area (Å²) in [5, 5.41) is 22.4. The molecule has 2 N–H and O–H groups in total. The molecule has 4 rings (SSSR count). The van der Waals surface area contributed by atoms with Crippen molar-refractivity contribution in [2.75, 3.05) is 6.61 Å². The lowest BCUT2D eigenvalue weighted by atomic mass is 9.98. The molecule has 2 aromatic carbocycles. The minimum Gasteiger partial charge on any atom is -0.481 e. The molecule has 1 heterocycles. The number of furan rings is 1. The second-order valence-electron chi connectivity index (χ2n) is 7.05. The van der Waals surface area contributed by atoms with Crippen LogP contribution in [0.4, 0.5) is 10.7 Å². The van der Waals surface area contributed by atoms with E-state index in [-0.39, 0.29) is 18.3 Å². The van der Waals surface area contributed by atoms with Crippen molar-refractivity contribution >= 4 is 17.9 Å². The topological polar surface area (TPSA) is 132 Å². The Kier molecular flexibility index (Phi) is 5.40. The van der Waals surface area contributed by atoms with Crippen molar-refractivity contribution in [2.45, 2.75) is 18.4 Å². The fourth-order valence-corrected chi connectivity index (χ4v) is 3.81. The lowest BCUT2D eigenvalue weighted by Crippen LogP contribution is -2.31. The fraction of sp³-hybridized carbons (Fsp3) is 0.182. The number of carbonyl (C=O) groups excluding carboxylic acids is 1. The summed E-state index contributed by atoms with van der Waals surface area (Å²) in [5.41, 5.74) is 4.25. The largest absolute Gasteiger partial charge is 0.481 e. The van der Waals surface area contributed by atoms with Gasteiger partial charge >= 0.3 is 17.9 Å². The van der Waals surface area contributed by atoms with Gasteiger partial charge in [0.2, 0.25) is 0 Å². The highest BCUT2D eigenvalue weighted by Crippen LogP contribution is 2.44. The third-order valence-electron chi connectivity index (χ3n) is 5.15. The number of amides is 1. The first-order valence-electron chi connectivity index (χ1n) is 9.51. The summed E-state index contributed by atoms with van der Waals surface area (Å²) in [6, 6.07) is 17.0. The van der Waals surface area contributed by atoms with E-state index in [4.69, 9.17) is 14.3 Å². The smallest absolute Gasteiger partial charge is 0.433 e. The molecule has 1 atom stereocenters. The maximum absolute atomic E-state index is 12.4. The molecule has 1 amide bonds. The molecule has 0 unspecified atom stereocenters. The zero-order valence-corrected chi connectivity index (χ0v) is 16.2. The molecule has 1 aromatic heterocycles. The third kappa shape index (κ3) is 4.11. The van der Waals surface area contributed by atoms with E-state index in [2.05, 4.69) is 5.32 Å². The summed E-state index contributed by atoms with van der Waals surface area (Å²) in [7, 11) is 0. The van der Waals surface area contributed by atoms with Crippen LogP contribution in [0.5, 0.6) is 0 Å². The summed E-state index contributed by atoms with van der Waals surface area (Å²) in [5.74, 6) is -1.94. The molecule has 1 aliphatic rings. The SMILES string of the molecule is O=C(O)C[C@H](NC(=O)OCC1c2ccccc2-c2ccccc21)c1ccc([N+](=O)[O-])o1. The first kappa shape index (κ1) is 20.1. The number of hydrogen-bond acceptors (Lipinski definition) is 6. The maximum Gasteiger partial charge on any atom is 0.433 e. The molecule has 0 saturated carbocycles. The summed E-state index contributed by atoms with van der Waals surface area (Å²) < 4.78 is 10.5. The van der Waals surface area contributed by atoms with Crippen molar-refractivity contribution in [3.63, 3.8) is 0 Å². The maximum atomic E-state index is 12.4. The van der Waals surface area contributed by atoms with Crippen LogP contribution in [0.15, 0.2) is 65.1 Å². The molecular formula is C22H18N2O7. The Morgan fingerprint density at radius 1 is 1.06 bits per heavy atom. The third-order valence-corrected chi connectivity index (χ3v) is 5.15. The fourth-order valence-electron chi connectivity index (χ4n) is 3.81. The van der Waals surface area contributed by atoms with E-state index in [1.54, 1.807) is 0 Å². The number of aliphatic carboxylic acids is 1. The Balaban J connectivity index is 1.47. The summed E-state index contributed by atoms with van der Waals surface area (Å²) in [6.07, 6.45) is -1.36. The predicted molar refractivity (Wildman–Crippen MR) is 109 cm³/mol. The van der Waals surface area contributed by atoms with Gasteiger partial charge in [-0.2, -0.15) is 0 Å². The first-order valence-corrected chi connectivity index (χ1v) is 9.51. The summed E-state index contributed by atoms with van der Waals surface area (Å²) in [6.45, 7) is 0.0535. The minimum absolute atomic E-state index is 0.0393. The first-order chi connectivity index (χ1) is 14.9. The predicted octanol–water partition coefficient (Wildman–Crippen LogP) is 4.24. The second kappa shape index (κ2) is 8.31. The van der Waals surface area contributed by atoms with E-state index >= 15 is 0 Å². The van der Waals surface area contributed by atoms with E-state index in [0.717, 1.165) is 28.3 Å². The Bertz CT molecular complexity index is 1110. The van der Waals surface area contributed by atoms with E-state index in [0.29, 0.717) is 0 Å². The molecule has 0 aliphatic heterocycles. The number of carboxylic acid groups (broad SMARTS) is 1. The van der Waals surface area contributed by atoms with Gasteiger partial charge in [0.05, 0.1) is 12.5 Å². The van der Waals surface area contributed by atoms with Gasteiger partial charge in [0, 0.05) is 5.92 Å². The molecular weight excluding hydrogens is 404 g/mol. The highest BCUT2D eigenvalue weighted by atomic mass is 16.6. The molecule has 9 heteroatoms. The van der Waals surface area contributed by atoms with Crippen molar-refractivity contribution in [3.8, 4) is 11.1 Å². The van der Waals surface area contributed by atoms with Gasteiger partial charge < -0.3 is 19.6 Å². The average Bonchev–Trinajstić information content (AvgIpc) is 3.35. The van der Waals surface area contributed by atoms with Crippen LogP contribution in [0.3, 0.4) is 0 Å². The lowest BCUT2D eigenvalue weighted by Gasteiger charge is -2.17. The van der Waals surface area contributed by atoms with E-state index in [1.165, 1.54) is 6.07 Å². The van der Waals surface area contributed by atoms with Crippen molar-refractivity contribution < 1.29 is 28.8 Å². The van der Waals surface area contributed by atoms with Crippen LogP contribution in [0.2, 0.25) is 0 Å². The highest BCUT2D eigenvalue weighted by Gasteiger charge is 2.30. The Labute approximate surface area is 176 Å². The van der Waals surface area contributed by atoms with Crippen LogP contribution in [0.1, 0.15) is 35.3 Å². The molecule has 0 radical (unpaired) electrons. The molecule has 1 aliphatic carbocycles. The number of alkyl carbamates (subject to hydrolysis) is 1. The number of nitrogens with zero attached hydrogens (tertiary/aromatic N) is 1. The van der Waals surface area contributed by atoms with Gasteiger partial charge in [0.1, 0.15) is 23.3 Å². The Morgan fingerprint density at radius 3 is 2.23 bits per heavy atom. The molecule has 0 fully saturated rings. The van der Waals surface area contributed by atoms with Crippen LogP contribution in [0.25, 0.3) is 11.1 Å². The number of hydrogen-bond donors (Lipinski definition) is 2. The van der Waals surface area contributed by atoms with Crippen LogP contribution in [0, 0.1) is 10.1 Å². The summed E-state index contributed by atoms with van der Waals surface area (Å²) >= 11 is 0. The molecule has 158 valence electrons. The van der Waals surface area contributed by atoms with Crippen LogP contribution in [-0.2, 0) is 9.53 Å². The monoisotopic (exact) mass is 422 g/mol. The number of carbonyl (C=O) groups is 2. The van der Waals surface area contributed by atoms with Gasteiger partial charge in [0.25, 0.3) is 0 Å². The van der Waals surface area contributed by atoms with Crippen molar-refractivity contribution in [1.29, 1.82) is 0 Å². The van der Waals surface area contributed by atoms with E-state index in [9.17, 15) is 19.7 Å². The standard InChI is InChI=1S/C22H18N2O7/c25-21(26)11-18(19-9-10-20(31-19)24(28)29)23-22(27)30-12-17-15-7-3-1-5-13(15)14-6-2-4-8-16(14)17/h1-10,17-18H,11-12H2,(H,23,27)(H,25,26)/t18-/m0/s1. The lowest BCUT2D eigenvalue weighted by molar-refractivity contribution is -0.402. The van der Waals surface area contributed by atoms with Crippen molar-refractivity contribution in [2.24, 2.45) is 0 Å². The number of fused-ring (bicyclic) bond motifs is 3. The van der Waals surface area contributed by atoms with Gasteiger partial charge in [0.15, 0.2) is 0 Å². The molecule has 0 spiro atoms.